The van der Waals surface area contributed by atoms with Crippen LogP contribution in [-0.2, 0) is 6.42 Å². The fraction of sp³-hybridized carbons (Fsp3) is 0.500. The van der Waals surface area contributed by atoms with Crippen molar-refractivity contribution in [3.63, 3.8) is 0 Å². The third-order valence-corrected chi connectivity index (χ3v) is 4.89. The number of hydrogen-bond acceptors (Lipinski definition) is 4. The standard InChI is InChI=1S/C16H19N3O/c17-13-5-2-10(3-6-13)9-15-18-16(19-20-15)14-8-11-1-4-12(14)7-11/h2-3,5-6,11-12,14H,1,4,7-9,17H2. The fourth-order valence-corrected chi connectivity index (χ4v) is 3.86. The molecule has 2 saturated carbocycles. The Labute approximate surface area is 118 Å². The molecular weight excluding hydrogens is 250 g/mol. The Hall–Kier alpha value is -1.84. The summed E-state index contributed by atoms with van der Waals surface area (Å²) in [5, 5.41) is 4.22. The van der Waals surface area contributed by atoms with E-state index >= 15 is 0 Å². The van der Waals surface area contributed by atoms with Crippen LogP contribution in [0.25, 0.3) is 0 Å². The third-order valence-electron chi connectivity index (χ3n) is 4.89. The van der Waals surface area contributed by atoms with Crippen molar-refractivity contribution in [3.05, 3.63) is 41.5 Å². The molecule has 0 aliphatic heterocycles. The number of rotatable bonds is 3. The van der Waals surface area contributed by atoms with Crippen LogP contribution in [0.1, 0.15) is 48.9 Å². The highest BCUT2D eigenvalue weighted by Crippen LogP contribution is 2.52. The number of nitrogens with two attached hydrogens (primary N) is 1. The van der Waals surface area contributed by atoms with Gasteiger partial charge >= 0.3 is 0 Å². The van der Waals surface area contributed by atoms with Gasteiger partial charge in [0.2, 0.25) is 5.89 Å². The van der Waals surface area contributed by atoms with Crippen molar-refractivity contribution >= 4 is 5.69 Å². The van der Waals surface area contributed by atoms with E-state index in [9.17, 15) is 0 Å². The minimum Gasteiger partial charge on any atom is -0.399 e. The first kappa shape index (κ1) is 11.9. The molecular formula is C16H19N3O. The van der Waals surface area contributed by atoms with Gasteiger partial charge in [0, 0.05) is 11.6 Å². The summed E-state index contributed by atoms with van der Waals surface area (Å²) in [7, 11) is 0. The van der Waals surface area contributed by atoms with E-state index < -0.39 is 0 Å². The normalized spacial score (nSPS) is 28.1. The molecule has 4 heteroatoms. The summed E-state index contributed by atoms with van der Waals surface area (Å²) in [6.45, 7) is 0. The van der Waals surface area contributed by atoms with Crippen LogP contribution in [0.15, 0.2) is 28.8 Å². The Morgan fingerprint density at radius 3 is 2.70 bits per heavy atom. The Balaban J connectivity index is 1.49. The first-order valence-electron chi connectivity index (χ1n) is 7.45. The van der Waals surface area contributed by atoms with Gasteiger partial charge in [-0.2, -0.15) is 4.98 Å². The molecule has 2 fully saturated rings. The van der Waals surface area contributed by atoms with Gasteiger partial charge in [-0.3, -0.25) is 0 Å². The summed E-state index contributed by atoms with van der Waals surface area (Å²) < 4.78 is 5.43. The van der Waals surface area contributed by atoms with Crippen molar-refractivity contribution < 1.29 is 4.52 Å². The van der Waals surface area contributed by atoms with Crippen LogP contribution in [0.3, 0.4) is 0 Å². The van der Waals surface area contributed by atoms with E-state index in [-0.39, 0.29) is 0 Å². The van der Waals surface area contributed by atoms with Crippen molar-refractivity contribution in [2.45, 2.75) is 38.0 Å². The predicted octanol–water partition coefficient (Wildman–Crippen LogP) is 3.15. The Bertz CT molecular complexity index is 604. The molecule has 1 aromatic carbocycles. The molecule has 4 rings (SSSR count). The van der Waals surface area contributed by atoms with Gasteiger partial charge < -0.3 is 10.3 Å². The molecule has 104 valence electrons. The molecule has 0 radical (unpaired) electrons. The number of aromatic nitrogens is 2. The molecule has 2 N–H and O–H groups in total. The molecule has 0 amide bonds. The highest BCUT2D eigenvalue weighted by atomic mass is 16.5. The van der Waals surface area contributed by atoms with E-state index in [1.165, 1.54) is 25.7 Å². The van der Waals surface area contributed by atoms with E-state index in [2.05, 4.69) is 10.1 Å². The molecule has 2 aromatic rings. The maximum Gasteiger partial charge on any atom is 0.231 e. The lowest BCUT2D eigenvalue weighted by atomic mass is 9.88. The first-order chi connectivity index (χ1) is 9.78. The van der Waals surface area contributed by atoms with Crippen LogP contribution in [0.5, 0.6) is 0 Å². The second-order valence-corrected chi connectivity index (χ2v) is 6.25. The van der Waals surface area contributed by atoms with Crippen LogP contribution in [-0.4, -0.2) is 10.1 Å². The maximum absolute atomic E-state index is 5.69. The van der Waals surface area contributed by atoms with E-state index in [1.807, 2.05) is 24.3 Å². The van der Waals surface area contributed by atoms with Gasteiger partial charge in [-0.25, -0.2) is 0 Å². The van der Waals surface area contributed by atoms with E-state index in [0.29, 0.717) is 18.2 Å². The van der Waals surface area contributed by atoms with Gasteiger partial charge in [0.05, 0.1) is 6.42 Å². The number of fused-ring (bicyclic) bond motifs is 2. The van der Waals surface area contributed by atoms with Crippen molar-refractivity contribution in [2.75, 3.05) is 5.73 Å². The molecule has 0 saturated heterocycles. The summed E-state index contributed by atoms with van der Waals surface area (Å²) in [6.07, 6.45) is 6.06. The highest BCUT2D eigenvalue weighted by Gasteiger charge is 2.42. The molecule has 3 atom stereocenters. The SMILES string of the molecule is Nc1ccc(Cc2nc(C3CC4CCC3C4)no2)cc1. The quantitative estimate of drug-likeness (QED) is 0.869. The smallest absolute Gasteiger partial charge is 0.231 e. The maximum atomic E-state index is 5.69. The summed E-state index contributed by atoms with van der Waals surface area (Å²) in [4.78, 5) is 4.62. The topological polar surface area (TPSA) is 64.9 Å². The lowest BCUT2D eigenvalue weighted by Gasteiger charge is -2.17. The van der Waals surface area contributed by atoms with Gasteiger partial charge in [0.25, 0.3) is 0 Å². The summed E-state index contributed by atoms with van der Waals surface area (Å²) >= 11 is 0. The van der Waals surface area contributed by atoms with Gasteiger partial charge in [0.1, 0.15) is 0 Å². The largest absolute Gasteiger partial charge is 0.399 e. The van der Waals surface area contributed by atoms with Crippen molar-refractivity contribution in [1.82, 2.24) is 10.1 Å². The molecule has 2 aliphatic carbocycles. The average Bonchev–Trinajstić information content (AvgIpc) is 3.17. The molecule has 1 heterocycles. The predicted molar refractivity (Wildman–Crippen MR) is 76.1 cm³/mol. The monoisotopic (exact) mass is 269 g/mol. The molecule has 2 bridgehead atoms. The molecule has 1 aromatic heterocycles. The molecule has 0 spiro atoms. The number of anilines is 1. The van der Waals surface area contributed by atoms with Gasteiger partial charge in [-0.1, -0.05) is 23.7 Å². The van der Waals surface area contributed by atoms with Crippen molar-refractivity contribution in [2.24, 2.45) is 11.8 Å². The van der Waals surface area contributed by atoms with Crippen LogP contribution in [0, 0.1) is 11.8 Å². The van der Waals surface area contributed by atoms with Crippen LogP contribution in [0.4, 0.5) is 5.69 Å². The highest BCUT2D eigenvalue weighted by molar-refractivity contribution is 5.39. The van der Waals surface area contributed by atoms with Crippen LogP contribution in [0.2, 0.25) is 0 Å². The molecule has 4 nitrogen and oxygen atoms in total. The minimum atomic E-state index is 0.540. The van der Waals surface area contributed by atoms with Crippen LogP contribution < -0.4 is 5.73 Å². The lowest BCUT2D eigenvalue weighted by Crippen LogP contribution is -2.10. The summed E-state index contributed by atoms with van der Waals surface area (Å²) in [5.74, 6) is 3.89. The van der Waals surface area contributed by atoms with E-state index in [0.717, 1.165) is 28.9 Å². The fourth-order valence-electron chi connectivity index (χ4n) is 3.86. The Morgan fingerprint density at radius 2 is 2.00 bits per heavy atom. The second-order valence-electron chi connectivity index (χ2n) is 6.25. The Kier molecular flexibility index (Phi) is 2.76. The zero-order valence-electron chi connectivity index (χ0n) is 11.5. The zero-order chi connectivity index (χ0) is 13.5. The molecule has 20 heavy (non-hydrogen) atoms. The average molecular weight is 269 g/mol. The number of hydrogen-bond donors (Lipinski definition) is 1. The third kappa shape index (κ3) is 2.09. The lowest BCUT2D eigenvalue weighted by molar-refractivity contribution is 0.355. The van der Waals surface area contributed by atoms with Gasteiger partial charge in [-0.15, -0.1) is 0 Å². The van der Waals surface area contributed by atoms with E-state index in [1.54, 1.807) is 0 Å². The minimum absolute atomic E-state index is 0.540. The summed E-state index contributed by atoms with van der Waals surface area (Å²) in [5.41, 5.74) is 7.62. The van der Waals surface area contributed by atoms with Crippen molar-refractivity contribution in [3.8, 4) is 0 Å². The van der Waals surface area contributed by atoms with Gasteiger partial charge in [0.15, 0.2) is 5.82 Å². The second kappa shape index (κ2) is 4.62. The van der Waals surface area contributed by atoms with E-state index in [4.69, 9.17) is 10.3 Å². The molecule has 3 unspecified atom stereocenters. The number of nitrogen functional groups attached to an aromatic ring is 1. The summed E-state index contributed by atoms with van der Waals surface area (Å²) in [6, 6.07) is 7.83. The first-order valence-corrected chi connectivity index (χ1v) is 7.45. The number of benzene rings is 1. The van der Waals surface area contributed by atoms with Crippen molar-refractivity contribution in [1.29, 1.82) is 0 Å². The van der Waals surface area contributed by atoms with Gasteiger partial charge in [-0.05, 0) is 48.8 Å². The zero-order valence-corrected chi connectivity index (χ0v) is 11.5. The Morgan fingerprint density at radius 1 is 1.15 bits per heavy atom. The van der Waals surface area contributed by atoms with Crippen LogP contribution >= 0.6 is 0 Å². The number of nitrogens with zero attached hydrogens (tertiary/aromatic N) is 2. The molecule has 2 aliphatic rings.